The highest BCUT2D eigenvalue weighted by Crippen LogP contribution is 2.30. The molecule has 1 saturated carbocycles. The fourth-order valence-electron chi connectivity index (χ4n) is 1.50. The van der Waals surface area contributed by atoms with E-state index in [-0.39, 0.29) is 12.1 Å². The average Bonchev–Trinajstić information content (AvgIpc) is 2.52. The number of ether oxygens (including phenoxy) is 1. The highest BCUT2D eigenvalue weighted by atomic mass is 32.2. The van der Waals surface area contributed by atoms with Crippen LogP contribution in [-0.2, 0) is 9.53 Å². The molecule has 0 heterocycles. The highest BCUT2D eigenvalue weighted by molar-refractivity contribution is 7.99. The van der Waals surface area contributed by atoms with Crippen molar-refractivity contribution in [2.45, 2.75) is 37.0 Å². The normalized spacial score (nSPS) is 27.5. The quantitative estimate of drug-likeness (QED) is 0.699. The molecule has 1 N–H and O–H groups in total. The van der Waals surface area contributed by atoms with Gasteiger partial charge in [0.1, 0.15) is 0 Å². The summed E-state index contributed by atoms with van der Waals surface area (Å²) in [5.74, 6) is 0.592. The number of thioether (sulfide) groups is 1. The molecule has 0 radical (unpaired) electrons. The summed E-state index contributed by atoms with van der Waals surface area (Å²) in [6, 6.07) is 0. The summed E-state index contributed by atoms with van der Waals surface area (Å²) in [6.45, 7) is 0. The van der Waals surface area contributed by atoms with E-state index in [1.807, 2.05) is 0 Å². The Morgan fingerprint density at radius 1 is 1.62 bits per heavy atom. The van der Waals surface area contributed by atoms with E-state index in [0.29, 0.717) is 11.7 Å². The number of hydrogen-bond donors (Lipinski definition) is 1. The highest BCUT2D eigenvalue weighted by Gasteiger charge is 2.25. The predicted molar refractivity (Wildman–Crippen MR) is 52.7 cm³/mol. The zero-order valence-electron chi connectivity index (χ0n) is 7.86. The Bertz CT molecular complexity index is 172. The number of carbonyl (C=O) groups is 1. The Morgan fingerprint density at radius 2 is 2.38 bits per heavy atom. The number of hydrogen-bond acceptors (Lipinski definition) is 4. The van der Waals surface area contributed by atoms with Crippen molar-refractivity contribution in [2.24, 2.45) is 0 Å². The maximum Gasteiger partial charge on any atom is 0.306 e. The van der Waals surface area contributed by atoms with Crippen molar-refractivity contribution in [1.82, 2.24) is 0 Å². The molecule has 0 aromatic carbocycles. The summed E-state index contributed by atoms with van der Waals surface area (Å²) < 4.78 is 4.53. The first-order valence-corrected chi connectivity index (χ1v) is 5.65. The van der Waals surface area contributed by atoms with Crippen LogP contribution in [0.25, 0.3) is 0 Å². The molecule has 1 aliphatic carbocycles. The van der Waals surface area contributed by atoms with Crippen LogP contribution >= 0.6 is 11.8 Å². The summed E-state index contributed by atoms with van der Waals surface area (Å²) >= 11 is 1.68. The van der Waals surface area contributed by atoms with Crippen LogP contribution in [0.4, 0.5) is 0 Å². The molecule has 76 valence electrons. The van der Waals surface area contributed by atoms with Crippen LogP contribution < -0.4 is 0 Å². The number of aliphatic hydroxyl groups excluding tert-OH is 1. The molecule has 13 heavy (non-hydrogen) atoms. The van der Waals surface area contributed by atoms with Crippen molar-refractivity contribution in [3.8, 4) is 0 Å². The Hall–Kier alpha value is -0.220. The lowest BCUT2D eigenvalue weighted by molar-refractivity contribution is -0.140. The lowest BCUT2D eigenvalue weighted by atomic mass is 10.3. The molecule has 1 fully saturated rings. The zero-order valence-corrected chi connectivity index (χ0v) is 8.68. The van der Waals surface area contributed by atoms with Gasteiger partial charge in [0.2, 0.25) is 0 Å². The Kier molecular flexibility index (Phi) is 4.59. The lowest BCUT2D eigenvalue weighted by Gasteiger charge is -2.12. The van der Waals surface area contributed by atoms with Crippen LogP contribution in [0.15, 0.2) is 0 Å². The first-order valence-electron chi connectivity index (χ1n) is 4.60. The van der Waals surface area contributed by atoms with Gasteiger partial charge in [0.25, 0.3) is 0 Å². The maximum atomic E-state index is 10.8. The SMILES string of the molecule is COC(=O)CCS[C@H]1CCC[C@@H]1O. The summed E-state index contributed by atoms with van der Waals surface area (Å²) in [5, 5.41) is 9.81. The largest absolute Gasteiger partial charge is 0.469 e. The molecule has 3 nitrogen and oxygen atoms in total. The number of esters is 1. The first-order chi connectivity index (χ1) is 6.24. The van der Waals surface area contributed by atoms with Gasteiger partial charge in [-0.3, -0.25) is 4.79 Å². The van der Waals surface area contributed by atoms with Crippen LogP contribution in [0.1, 0.15) is 25.7 Å². The van der Waals surface area contributed by atoms with Crippen LogP contribution in [0.3, 0.4) is 0 Å². The molecule has 0 bridgehead atoms. The third-order valence-corrected chi connectivity index (χ3v) is 3.70. The van der Waals surface area contributed by atoms with Crippen molar-refractivity contribution >= 4 is 17.7 Å². The smallest absolute Gasteiger partial charge is 0.306 e. The number of carbonyl (C=O) groups excluding carboxylic acids is 1. The molecule has 0 aromatic heterocycles. The minimum absolute atomic E-state index is 0.164. The average molecular weight is 204 g/mol. The Labute approximate surface area is 82.8 Å². The third-order valence-electron chi connectivity index (χ3n) is 2.28. The topological polar surface area (TPSA) is 46.5 Å². The fraction of sp³-hybridized carbons (Fsp3) is 0.889. The summed E-state index contributed by atoms with van der Waals surface area (Å²) in [4.78, 5) is 10.8. The second kappa shape index (κ2) is 5.50. The molecule has 1 aliphatic rings. The molecular formula is C9H16O3S. The van der Waals surface area contributed by atoms with Crippen LogP contribution in [0.5, 0.6) is 0 Å². The van der Waals surface area contributed by atoms with Gasteiger partial charge in [-0.15, -0.1) is 0 Å². The Morgan fingerprint density at radius 3 is 2.92 bits per heavy atom. The molecule has 4 heteroatoms. The molecular weight excluding hydrogens is 188 g/mol. The fourth-order valence-corrected chi connectivity index (χ4v) is 2.78. The summed E-state index contributed by atoms with van der Waals surface area (Å²) in [7, 11) is 1.40. The van der Waals surface area contributed by atoms with Gasteiger partial charge < -0.3 is 9.84 Å². The standard InChI is InChI=1S/C9H16O3S/c1-12-9(11)5-6-13-8-4-2-3-7(8)10/h7-8,10H,2-6H2,1H3/t7-,8-/m0/s1. The van der Waals surface area contributed by atoms with Crippen LogP contribution in [0.2, 0.25) is 0 Å². The maximum absolute atomic E-state index is 10.8. The number of aliphatic hydroxyl groups is 1. The third kappa shape index (κ3) is 3.56. The van der Waals surface area contributed by atoms with Gasteiger partial charge in [0, 0.05) is 11.0 Å². The number of methoxy groups -OCH3 is 1. The first kappa shape index (κ1) is 10.9. The van der Waals surface area contributed by atoms with E-state index < -0.39 is 0 Å². The van der Waals surface area contributed by atoms with Gasteiger partial charge >= 0.3 is 5.97 Å². The minimum Gasteiger partial charge on any atom is -0.469 e. The van der Waals surface area contributed by atoms with Crippen molar-refractivity contribution in [3.63, 3.8) is 0 Å². The van der Waals surface area contributed by atoms with E-state index in [9.17, 15) is 9.90 Å². The van der Waals surface area contributed by atoms with Gasteiger partial charge in [-0.25, -0.2) is 0 Å². The van der Waals surface area contributed by atoms with Gasteiger partial charge in [-0.2, -0.15) is 11.8 Å². The van der Waals surface area contributed by atoms with Crippen LogP contribution in [-0.4, -0.2) is 35.3 Å². The lowest BCUT2D eigenvalue weighted by Crippen LogP contribution is -2.16. The van der Waals surface area contributed by atoms with Crippen molar-refractivity contribution in [1.29, 1.82) is 0 Å². The monoisotopic (exact) mass is 204 g/mol. The van der Waals surface area contributed by atoms with E-state index in [2.05, 4.69) is 4.74 Å². The molecule has 2 atom stereocenters. The number of rotatable bonds is 4. The Balaban J connectivity index is 2.08. The van der Waals surface area contributed by atoms with E-state index in [1.54, 1.807) is 11.8 Å². The van der Waals surface area contributed by atoms with E-state index in [4.69, 9.17) is 0 Å². The van der Waals surface area contributed by atoms with Gasteiger partial charge in [0.15, 0.2) is 0 Å². The summed E-state index contributed by atoms with van der Waals surface area (Å²) in [5.41, 5.74) is 0. The molecule has 0 saturated heterocycles. The summed E-state index contributed by atoms with van der Waals surface area (Å²) in [6.07, 6.45) is 3.38. The molecule has 1 rings (SSSR count). The molecule has 0 amide bonds. The van der Waals surface area contributed by atoms with Crippen molar-refractivity contribution in [2.75, 3.05) is 12.9 Å². The molecule has 0 spiro atoms. The molecule has 0 aromatic rings. The van der Waals surface area contributed by atoms with Crippen molar-refractivity contribution in [3.05, 3.63) is 0 Å². The van der Waals surface area contributed by atoms with Crippen molar-refractivity contribution < 1.29 is 14.6 Å². The van der Waals surface area contributed by atoms with E-state index >= 15 is 0 Å². The van der Waals surface area contributed by atoms with E-state index in [1.165, 1.54) is 7.11 Å². The van der Waals surface area contributed by atoms with Gasteiger partial charge in [-0.1, -0.05) is 0 Å². The van der Waals surface area contributed by atoms with Gasteiger partial charge in [0.05, 0.1) is 19.6 Å². The second-order valence-electron chi connectivity index (χ2n) is 3.23. The molecule has 0 unspecified atom stereocenters. The van der Waals surface area contributed by atoms with E-state index in [0.717, 1.165) is 25.0 Å². The van der Waals surface area contributed by atoms with Gasteiger partial charge in [-0.05, 0) is 19.3 Å². The minimum atomic E-state index is -0.167. The van der Waals surface area contributed by atoms with Crippen LogP contribution in [0, 0.1) is 0 Å². The second-order valence-corrected chi connectivity index (χ2v) is 4.58. The zero-order chi connectivity index (χ0) is 9.68. The molecule has 0 aliphatic heterocycles. The predicted octanol–water partition coefficient (Wildman–Crippen LogP) is 1.20.